The standard InChI is InChI=1S/C74H136O6/c1-4-7-10-13-16-18-20-22-24-26-28-30-32-33-34-35-36-37-38-39-40-41-43-44-46-48-50-52-54-56-58-61-64-67-73(76)79-70-71(69-78-72(75)66-63-60-15-12-9-6-3)80-74(77)68-65-62-59-57-55-53-51-49-47-45-42-31-29-27-25-23-21-19-17-14-11-8-5-2/h20-23,26-29,71H,4-19,24-25,30-70H2,1-3H3/b22-20-,23-21-,28-26-,29-27-. The van der Waals surface area contributed by atoms with Gasteiger partial charge in [-0.25, -0.2) is 0 Å². The first kappa shape index (κ1) is 77.4. The highest BCUT2D eigenvalue weighted by Gasteiger charge is 2.19. The third kappa shape index (κ3) is 66.2. The van der Waals surface area contributed by atoms with Crippen molar-refractivity contribution in [3.63, 3.8) is 0 Å². The van der Waals surface area contributed by atoms with Gasteiger partial charge in [0.05, 0.1) is 0 Å². The van der Waals surface area contributed by atoms with Gasteiger partial charge in [-0.1, -0.05) is 333 Å². The fourth-order valence-corrected chi connectivity index (χ4v) is 10.7. The minimum atomic E-state index is -0.769. The van der Waals surface area contributed by atoms with Crippen LogP contribution in [0.2, 0.25) is 0 Å². The number of allylic oxidation sites excluding steroid dienone is 8. The highest BCUT2D eigenvalue weighted by atomic mass is 16.6. The zero-order chi connectivity index (χ0) is 57.8. The third-order valence-corrected chi connectivity index (χ3v) is 16.1. The lowest BCUT2D eigenvalue weighted by molar-refractivity contribution is -0.167. The fraction of sp³-hybridized carbons (Fsp3) is 0.851. The molecule has 0 rings (SSSR count). The number of carbonyl (C=O) groups excluding carboxylic acids is 3. The number of rotatable bonds is 66. The van der Waals surface area contributed by atoms with Gasteiger partial charge < -0.3 is 14.2 Å². The summed E-state index contributed by atoms with van der Waals surface area (Å²) in [6.45, 7) is 6.62. The predicted octanol–water partition coefficient (Wildman–Crippen LogP) is 24.5. The highest BCUT2D eigenvalue weighted by Crippen LogP contribution is 2.18. The summed E-state index contributed by atoms with van der Waals surface area (Å²) in [4.78, 5) is 38.1. The topological polar surface area (TPSA) is 78.9 Å². The van der Waals surface area contributed by atoms with Crippen LogP contribution in [0, 0.1) is 0 Å². The Morgan fingerprint density at radius 1 is 0.250 bits per heavy atom. The molecule has 1 unspecified atom stereocenters. The average molecular weight is 1120 g/mol. The smallest absolute Gasteiger partial charge is 0.306 e. The molecule has 0 radical (unpaired) electrons. The first-order chi connectivity index (χ1) is 39.5. The minimum absolute atomic E-state index is 0.0691. The molecule has 0 saturated heterocycles. The summed E-state index contributed by atoms with van der Waals surface area (Å²) in [7, 11) is 0. The van der Waals surface area contributed by atoms with E-state index in [0.717, 1.165) is 70.6 Å². The number of hydrogen-bond acceptors (Lipinski definition) is 6. The lowest BCUT2D eigenvalue weighted by atomic mass is 10.0. The zero-order valence-corrected chi connectivity index (χ0v) is 53.9. The summed E-state index contributed by atoms with van der Waals surface area (Å²) in [6, 6.07) is 0. The molecule has 0 aliphatic heterocycles. The molecule has 0 saturated carbocycles. The Kier molecular flexibility index (Phi) is 66.6. The number of ether oxygens (including phenoxy) is 3. The molecule has 0 aliphatic rings. The van der Waals surface area contributed by atoms with Gasteiger partial charge in [0.2, 0.25) is 0 Å². The van der Waals surface area contributed by atoms with Crippen molar-refractivity contribution in [2.75, 3.05) is 13.2 Å². The summed E-state index contributed by atoms with van der Waals surface area (Å²) >= 11 is 0. The van der Waals surface area contributed by atoms with Crippen LogP contribution < -0.4 is 0 Å². The molecule has 6 nitrogen and oxygen atoms in total. The molecule has 0 spiro atoms. The quantitative estimate of drug-likeness (QED) is 0.0261. The van der Waals surface area contributed by atoms with Crippen LogP contribution in [0.4, 0.5) is 0 Å². The Morgan fingerprint density at radius 2 is 0.450 bits per heavy atom. The van der Waals surface area contributed by atoms with Crippen LogP contribution in [0.1, 0.15) is 387 Å². The van der Waals surface area contributed by atoms with Gasteiger partial charge in [-0.15, -0.1) is 0 Å². The second kappa shape index (κ2) is 68.9. The molecule has 468 valence electrons. The Morgan fingerprint density at radius 3 is 0.688 bits per heavy atom. The molecular weight excluding hydrogens is 985 g/mol. The third-order valence-electron chi connectivity index (χ3n) is 16.1. The molecule has 6 heteroatoms. The summed E-state index contributed by atoms with van der Waals surface area (Å²) in [5.74, 6) is -0.858. The summed E-state index contributed by atoms with van der Waals surface area (Å²) < 4.78 is 16.9. The van der Waals surface area contributed by atoms with E-state index in [1.54, 1.807) is 0 Å². The number of unbranched alkanes of at least 4 members (excludes halogenated alkanes) is 47. The van der Waals surface area contributed by atoms with Gasteiger partial charge in [-0.3, -0.25) is 14.4 Å². The van der Waals surface area contributed by atoms with E-state index in [0.29, 0.717) is 19.3 Å². The maximum absolute atomic E-state index is 12.9. The first-order valence-corrected chi connectivity index (χ1v) is 35.6. The minimum Gasteiger partial charge on any atom is -0.462 e. The van der Waals surface area contributed by atoms with Crippen LogP contribution in [0.15, 0.2) is 48.6 Å². The SMILES string of the molecule is CCCCCCC/C=C\C/C=C\CCCCCCCCCCCCCCCCCCCCCCCC(=O)OCC(COC(=O)CCCCCCCC)OC(=O)CCCCCCCCCCCCC/C=C\C/C=C\CCCCCCC. The summed E-state index contributed by atoms with van der Waals surface area (Å²) in [5.41, 5.74) is 0. The van der Waals surface area contributed by atoms with E-state index in [1.165, 1.54) is 276 Å². The molecular formula is C74H136O6. The number of carbonyl (C=O) groups is 3. The lowest BCUT2D eigenvalue weighted by Gasteiger charge is -2.18. The van der Waals surface area contributed by atoms with E-state index in [4.69, 9.17) is 14.2 Å². The van der Waals surface area contributed by atoms with Crippen molar-refractivity contribution < 1.29 is 28.6 Å². The van der Waals surface area contributed by atoms with Gasteiger partial charge in [0.15, 0.2) is 6.10 Å². The van der Waals surface area contributed by atoms with Crippen LogP contribution in [0.3, 0.4) is 0 Å². The summed E-state index contributed by atoms with van der Waals surface area (Å²) in [6.07, 6.45) is 87.6. The Balaban J connectivity index is 3.95. The normalized spacial score (nSPS) is 12.3. The van der Waals surface area contributed by atoms with Crippen LogP contribution in [-0.2, 0) is 28.6 Å². The molecule has 80 heavy (non-hydrogen) atoms. The van der Waals surface area contributed by atoms with Gasteiger partial charge in [0.25, 0.3) is 0 Å². The van der Waals surface area contributed by atoms with E-state index in [9.17, 15) is 14.4 Å². The van der Waals surface area contributed by atoms with Gasteiger partial charge >= 0.3 is 17.9 Å². The zero-order valence-electron chi connectivity index (χ0n) is 53.9. The maximum Gasteiger partial charge on any atom is 0.306 e. The van der Waals surface area contributed by atoms with E-state index < -0.39 is 6.10 Å². The summed E-state index contributed by atoms with van der Waals surface area (Å²) in [5, 5.41) is 0. The monoisotopic (exact) mass is 1120 g/mol. The van der Waals surface area contributed by atoms with Crippen LogP contribution in [0.25, 0.3) is 0 Å². The Labute approximate surface area is 498 Å². The van der Waals surface area contributed by atoms with Gasteiger partial charge in [-0.05, 0) is 83.5 Å². The van der Waals surface area contributed by atoms with Crippen LogP contribution >= 0.6 is 0 Å². The van der Waals surface area contributed by atoms with Crippen molar-refractivity contribution in [3.05, 3.63) is 48.6 Å². The first-order valence-electron chi connectivity index (χ1n) is 35.6. The van der Waals surface area contributed by atoms with Crippen molar-refractivity contribution in [2.24, 2.45) is 0 Å². The van der Waals surface area contributed by atoms with E-state index in [2.05, 4.69) is 69.4 Å². The molecule has 0 aromatic rings. The van der Waals surface area contributed by atoms with Crippen molar-refractivity contribution in [3.8, 4) is 0 Å². The Hall–Kier alpha value is -2.63. The van der Waals surface area contributed by atoms with Crippen molar-refractivity contribution >= 4 is 17.9 Å². The molecule has 0 heterocycles. The number of hydrogen-bond donors (Lipinski definition) is 0. The molecule has 0 fully saturated rings. The second-order valence-corrected chi connectivity index (χ2v) is 24.1. The van der Waals surface area contributed by atoms with E-state index in [1.807, 2.05) is 0 Å². The van der Waals surface area contributed by atoms with Crippen molar-refractivity contribution in [1.82, 2.24) is 0 Å². The average Bonchev–Trinajstić information content (AvgIpc) is 3.46. The predicted molar refractivity (Wildman–Crippen MR) is 349 cm³/mol. The molecule has 0 aromatic carbocycles. The molecule has 0 amide bonds. The lowest BCUT2D eigenvalue weighted by Crippen LogP contribution is -2.30. The van der Waals surface area contributed by atoms with E-state index in [-0.39, 0.29) is 31.1 Å². The molecule has 0 bridgehead atoms. The van der Waals surface area contributed by atoms with Crippen molar-refractivity contribution in [2.45, 2.75) is 393 Å². The fourth-order valence-electron chi connectivity index (χ4n) is 10.7. The van der Waals surface area contributed by atoms with E-state index >= 15 is 0 Å². The van der Waals surface area contributed by atoms with Gasteiger partial charge in [0.1, 0.15) is 13.2 Å². The highest BCUT2D eigenvalue weighted by molar-refractivity contribution is 5.71. The maximum atomic E-state index is 12.9. The molecule has 0 aliphatic carbocycles. The van der Waals surface area contributed by atoms with Crippen LogP contribution in [-0.4, -0.2) is 37.2 Å². The molecule has 0 aromatic heterocycles. The molecule has 1 atom stereocenters. The largest absolute Gasteiger partial charge is 0.462 e. The second-order valence-electron chi connectivity index (χ2n) is 24.1. The number of esters is 3. The van der Waals surface area contributed by atoms with Gasteiger partial charge in [0, 0.05) is 19.3 Å². The Bertz CT molecular complexity index is 1380. The van der Waals surface area contributed by atoms with Crippen LogP contribution in [0.5, 0.6) is 0 Å². The molecule has 0 N–H and O–H groups in total. The van der Waals surface area contributed by atoms with Gasteiger partial charge in [-0.2, -0.15) is 0 Å². The van der Waals surface area contributed by atoms with Crippen molar-refractivity contribution in [1.29, 1.82) is 0 Å².